The van der Waals surface area contributed by atoms with Gasteiger partial charge in [0.15, 0.2) is 5.58 Å². The number of benzene rings is 1. The van der Waals surface area contributed by atoms with Crippen molar-refractivity contribution in [2.45, 2.75) is 20.3 Å². The minimum absolute atomic E-state index is 0.0923. The van der Waals surface area contributed by atoms with Gasteiger partial charge in [-0.3, -0.25) is 4.79 Å². The second kappa shape index (κ2) is 6.58. The van der Waals surface area contributed by atoms with Gasteiger partial charge in [0, 0.05) is 26.7 Å². The van der Waals surface area contributed by atoms with Crippen molar-refractivity contribution >= 4 is 23.0 Å². The number of aromatic nitrogens is 1. The van der Waals surface area contributed by atoms with Gasteiger partial charge in [-0.25, -0.2) is 0 Å². The maximum atomic E-state index is 12.4. The predicted molar refractivity (Wildman–Crippen MR) is 88.8 cm³/mol. The van der Waals surface area contributed by atoms with Crippen LogP contribution in [0.15, 0.2) is 16.5 Å². The molecule has 0 saturated carbocycles. The summed E-state index contributed by atoms with van der Waals surface area (Å²) in [5.41, 5.74) is 3.89. The van der Waals surface area contributed by atoms with Gasteiger partial charge in [-0.1, -0.05) is 6.07 Å². The second-order valence-electron chi connectivity index (χ2n) is 6.08. The quantitative estimate of drug-likeness (QED) is 0.864. The van der Waals surface area contributed by atoms with E-state index in [9.17, 15) is 4.79 Å². The summed E-state index contributed by atoms with van der Waals surface area (Å²) in [6.07, 6.45) is 0.895. The number of fused-ring (bicyclic) bond motifs is 1. The number of hydrogen-bond donors (Lipinski definition) is 0. The first-order valence-electron chi connectivity index (χ1n) is 7.98. The van der Waals surface area contributed by atoms with Crippen LogP contribution in [0, 0.1) is 13.8 Å². The normalized spacial score (nSPS) is 16.2. The van der Waals surface area contributed by atoms with E-state index >= 15 is 0 Å². The van der Waals surface area contributed by atoms with E-state index in [1.165, 1.54) is 0 Å². The van der Waals surface area contributed by atoms with Crippen LogP contribution in [-0.2, 0) is 9.53 Å². The largest absolute Gasteiger partial charge is 0.423 e. The molecule has 0 unspecified atom stereocenters. The summed E-state index contributed by atoms with van der Waals surface area (Å²) in [5.74, 6) is 0.0923. The minimum Gasteiger partial charge on any atom is -0.423 e. The summed E-state index contributed by atoms with van der Waals surface area (Å²) in [7, 11) is 1.65. The maximum absolute atomic E-state index is 12.4. The first-order valence-corrected chi connectivity index (χ1v) is 7.98. The number of amides is 1. The highest BCUT2D eigenvalue weighted by Crippen LogP contribution is 2.26. The topological polar surface area (TPSA) is 58.8 Å². The minimum atomic E-state index is 0.0923. The molecule has 1 amide bonds. The third-order valence-corrected chi connectivity index (χ3v) is 4.18. The SMILES string of the molecule is COCCN1CCCN(c2nc3cc(C)cc(C)c3o2)CC1=O. The van der Waals surface area contributed by atoms with Gasteiger partial charge in [-0.15, -0.1) is 0 Å². The Bertz CT molecular complexity index is 710. The van der Waals surface area contributed by atoms with Crippen LogP contribution in [-0.4, -0.2) is 55.7 Å². The first-order chi connectivity index (χ1) is 11.1. The first kappa shape index (κ1) is 15.8. The molecule has 1 aromatic carbocycles. The van der Waals surface area contributed by atoms with Crippen molar-refractivity contribution < 1.29 is 13.9 Å². The number of rotatable bonds is 4. The Hall–Kier alpha value is -2.08. The lowest BCUT2D eigenvalue weighted by Gasteiger charge is -2.20. The zero-order chi connectivity index (χ0) is 16.4. The second-order valence-corrected chi connectivity index (χ2v) is 6.08. The van der Waals surface area contributed by atoms with E-state index in [2.05, 4.69) is 11.1 Å². The van der Waals surface area contributed by atoms with Gasteiger partial charge in [0.25, 0.3) is 6.01 Å². The molecule has 1 aromatic heterocycles. The maximum Gasteiger partial charge on any atom is 0.298 e. The molecule has 0 radical (unpaired) electrons. The number of nitrogens with zero attached hydrogens (tertiary/aromatic N) is 3. The van der Waals surface area contributed by atoms with Crippen molar-refractivity contribution in [2.75, 3.05) is 44.8 Å². The van der Waals surface area contributed by atoms with E-state index < -0.39 is 0 Å². The van der Waals surface area contributed by atoms with E-state index in [0.717, 1.165) is 41.7 Å². The number of carbonyl (C=O) groups excluding carboxylic acids is 1. The summed E-state index contributed by atoms with van der Waals surface area (Å²) < 4.78 is 11.0. The lowest BCUT2D eigenvalue weighted by atomic mass is 10.1. The van der Waals surface area contributed by atoms with Crippen LogP contribution in [0.1, 0.15) is 17.5 Å². The molecule has 6 heteroatoms. The summed E-state index contributed by atoms with van der Waals surface area (Å²) in [5, 5.41) is 0. The molecule has 2 aromatic rings. The van der Waals surface area contributed by atoms with E-state index in [1.54, 1.807) is 7.11 Å². The van der Waals surface area contributed by atoms with Gasteiger partial charge < -0.3 is 19.0 Å². The number of ether oxygens (including phenoxy) is 1. The number of methoxy groups -OCH3 is 1. The van der Waals surface area contributed by atoms with Crippen LogP contribution in [0.25, 0.3) is 11.1 Å². The number of carbonyl (C=O) groups is 1. The van der Waals surface area contributed by atoms with Crippen LogP contribution in [0.4, 0.5) is 6.01 Å². The molecule has 1 aliphatic rings. The number of hydrogen-bond acceptors (Lipinski definition) is 5. The molecular weight excluding hydrogens is 294 g/mol. The Labute approximate surface area is 136 Å². The molecule has 6 nitrogen and oxygen atoms in total. The molecular formula is C17H23N3O3. The third-order valence-electron chi connectivity index (χ3n) is 4.18. The van der Waals surface area contributed by atoms with Crippen LogP contribution in [0.5, 0.6) is 0 Å². The van der Waals surface area contributed by atoms with Crippen molar-refractivity contribution in [3.05, 3.63) is 23.3 Å². The molecule has 0 bridgehead atoms. The van der Waals surface area contributed by atoms with Gasteiger partial charge in [0.1, 0.15) is 12.1 Å². The fourth-order valence-electron chi connectivity index (χ4n) is 3.02. The van der Waals surface area contributed by atoms with Crippen molar-refractivity contribution in [3.63, 3.8) is 0 Å². The van der Waals surface area contributed by atoms with Crippen LogP contribution in [0.3, 0.4) is 0 Å². The van der Waals surface area contributed by atoms with Gasteiger partial charge in [0.05, 0.1) is 6.61 Å². The summed E-state index contributed by atoms with van der Waals surface area (Å²) in [6.45, 7) is 7.07. The van der Waals surface area contributed by atoms with Crippen molar-refractivity contribution in [1.29, 1.82) is 0 Å². The monoisotopic (exact) mass is 317 g/mol. The lowest BCUT2D eigenvalue weighted by Crippen LogP contribution is -2.38. The average molecular weight is 317 g/mol. The molecule has 0 atom stereocenters. The third kappa shape index (κ3) is 3.32. The molecule has 0 aliphatic carbocycles. The highest BCUT2D eigenvalue weighted by atomic mass is 16.5. The zero-order valence-electron chi connectivity index (χ0n) is 14.0. The smallest absolute Gasteiger partial charge is 0.298 e. The van der Waals surface area contributed by atoms with E-state index in [1.807, 2.05) is 29.7 Å². The Balaban J connectivity index is 1.82. The molecule has 23 heavy (non-hydrogen) atoms. The number of aryl methyl sites for hydroxylation is 2. The number of oxazole rings is 1. The molecule has 3 rings (SSSR count). The highest BCUT2D eigenvalue weighted by molar-refractivity contribution is 5.83. The molecule has 1 aliphatic heterocycles. The zero-order valence-corrected chi connectivity index (χ0v) is 14.0. The molecule has 1 saturated heterocycles. The van der Waals surface area contributed by atoms with Gasteiger partial charge >= 0.3 is 0 Å². The van der Waals surface area contributed by atoms with E-state index in [0.29, 0.717) is 25.7 Å². The van der Waals surface area contributed by atoms with Crippen molar-refractivity contribution in [1.82, 2.24) is 9.88 Å². The Morgan fingerprint density at radius 1 is 1.30 bits per heavy atom. The fraction of sp³-hybridized carbons (Fsp3) is 0.529. The Morgan fingerprint density at radius 2 is 2.13 bits per heavy atom. The van der Waals surface area contributed by atoms with Gasteiger partial charge in [-0.2, -0.15) is 4.98 Å². The molecule has 2 heterocycles. The Morgan fingerprint density at radius 3 is 2.91 bits per heavy atom. The van der Waals surface area contributed by atoms with Crippen LogP contribution >= 0.6 is 0 Å². The van der Waals surface area contributed by atoms with Gasteiger partial charge in [-0.05, 0) is 37.5 Å². The average Bonchev–Trinajstić information content (AvgIpc) is 2.84. The van der Waals surface area contributed by atoms with Crippen LogP contribution in [0.2, 0.25) is 0 Å². The standard InChI is InChI=1S/C17H23N3O3/c1-12-9-13(2)16-14(10-12)18-17(23-16)20-6-4-5-19(7-8-22-3)15(21)11-20/h9-10H,4-8,11H2,1-3H3. The lowest BCUT2D eigenvalue weighted by molar-refractivity contribution is -0.129. The molecule has 0 spiro atoms. The van der Waals surface area contributed by atoms with E-state index in [-0.39, 0.29) is 5.91 Å². The fourth-order valence-corrected chi connectivity index (χ4v) is 3.02. The van der Waals surface area contributed by atoms with Gasteiger partial charge in [0.2, 0.25) is 5.91 Å². The van der Waals surface area contributed by atoms with E-state index in [4.69, 9.17) is 9.15 Å². The Kier molecular flexibility index (Phi) is 4.52. The molecule has 124 valence electrons. The summed E-state index contributed by atoms with van der Waals surface area (Å²) in [6, 6.07) is 4.63. The predicted octanol–water partition coefficient (Wildman–Crippen LogP) is 2.13. The van der Waals surface area contributed by atoms with Crippen LogP contribution < -0.4 is 4.90 Å². The van der Waals surface area contributed by atoms with Crippen molar-refractivity contribution in [2.24, 2.45) is 0 Å². The highest BCUT2D eigenvalue weighted by Gasteiger charge is 2.24. The molecule has 1 fully saturated rings. The summed E-state index contributed by atoms with van der Waals surface area (Å²) in [4.78, 5) is 20.8. The molecule has 0 N–H and O–H groups in total. The van der Waals surface area contributed by atoms with Crippen molar-refractivity contribution in [3.8, 4) is 0 Å². The summed E-state index contributed by atoms with van der Waals surface area (Å²) >= 11 is 0. The number of anilines is 1.